The first kappa shape index (κ1) is 12.7. The molecule has 1 saturated heterocycles. The number of rotatable bonds is 3. The normalized spacial score (nSPS) is 18.7. The van der Waals surface area contributed by atoms with Crippen LogP contribution in [-0.4, -0.2) is 46.3 Å². The van der Waals surface area contributed by atoms with Gasteiger partial charge in [0.05, 0.1) is 17.2 Å². The predicted octanol–water partition coefficient (Wildman–Crippen LogP) is 1.24. The lowest BCUT2D eigenvalue weighted by atomic mass is 10.1. The molecule has 0 saturated carbocycles. The van der Waals surface area contributed by atoms with Gasteiger partial charge >= 0.3 is 0 Å². The number of hydrogen-bond donors (Lipinski definition) is 0. The Morgan fingerprint density at radius 2 is 1.85 bits per heavy atom. The zero-order valence-corrected chi connectivity index (χ0v) is 10.7. The molecule has 2 heterocycles. The van der Waals surface area contributed by atoms with Crippen molar-refractivity contribution in [3.8, 4) is 0 Å². The van der Waals surface area contributed by atoms with Gasteiger partial charge in [0.15, 0.2) is 0 Å². The van der Waals surface area contributed by atoms with Gasteiger partial charge < -0.3 is 0 Å². The number of fused-ring (bicyclic) bond motifs is 1. The molecule has 0 atom stereocenters. The first-order chi connectivity index (χ1) is 9.59. The molecule has 7 heteroatoms. The van der Waals surface area contributed by atoms with Gasteiger partial charge in [-0.05, 0) is 32.0 Å². The summed E-state index contributed by atoms with van der Waals surface area (Å²) in [7, 11) is 0. The van der Waals surface area contributed by atoms with E-state index in [9.17, 15) is 19.7 Å². The number of imide groups is 1. The van der Waals surface area contributed by atoms with E-state index in [1.807, 2.05) is 4.90 Å². The van der Waals surface area contributed by atoms with Crippen molar-refractivity contribution < 1.29 is 14.5 Å². The van der Waals surface area contributed by atoms with E-state index in [1.165, 1.54) is 18.2 Å². The smallest absolute Gasteiger partial charge is 0.282 e. The average Bonchev–Trinajstić information content (AvgIpc) is 3.02. The molecule has 2 aliphatic rings. The van der Waals surface area contributed by atoms with Crippen LogP contribution in [0.2, 0.25) is 0 Å². The standard InChI is InChI=1S/C13H13N3O4/c17-12-9-4-3-5-10(16(19)20)11(9)13(18)15(12)8-14-6-1-2-7-14/h3-5H,1-2,6-8H2. The van der Waals surface area contributed by atoms with Crippen LogP contribution in [0.3, 0.4) is 0 Å². The number of benzene rings is 1. The molecule has 0 spiro atoms. The highest BCUT2D eigenvalue weighted by molar-refractivity contribution is 6.23. The van der Waals surface area contributed by atoms with E-state index in [4.69, 9.17) is 0 Å². The molecule has 2 aliphatic heterocycles. The Balaban J connectivity index is 1.95. The molecule has 0 unspecified atom stereocenters. The van der Waals surface area contributed by atoms with Crippen LogP contribution in [-0.2, 0) is 0 Å². The van der Waals surface area contributed by atoms with Crippen LogP contribution < -0.4 is 0 Å². The van der Waals surface area contributed by atoms with Gasteiger partial charge in [-0.3, -0.25) is 29.5 Å². The monoisotopic (exact) mass is 275 g/mol. The molecular formula is C13H13N3O4. The lowest BCUT2D eigenvalue weighted by Crippen LogP contribution is -2.39. The Morgan fingerprint density at radius 1 is 1.15 bits per heavy atom. The van der Waals surface area contributed by atoms with Crippen LogP contribution >= 0.6 is 0 Å². The number of hydrogen-bond acceptors (Lipinski definition) is 5. The molecule has 0 N–H and O–H groups in total. The second kappa shape index (κ2) is 4.68. The second-order valence-corrected chi connectivity index (χ2v) is 4.96. The van der Waals surface area contributed by atoms with Gasteiger partial charge in [-0.2, -0.15) is 0 Å². The van der Waals surface area contributed by atoms with E-state index < -0.39 is 16.7 Å². The third kappa shape index (κ3) is 1.87. The third-order valence-corrected chi connectivity index (χ3v) is 3.71. The molecule has 3 rings (SSSR count). The number of nitrogens with zero attached hydrogens (tertiary/aromatic N) is 3. The van der Waals surface area contributed by atoms with Gasteiger partial charge in [0.2, 0.25) is 0 Å². The van der Waals surface area contributed by atoms with Crippen molar-refractivity contribution in [2.45, 2.75) is 12.8 Å². The van der Waals surface area contributed by atoms with E-state index in [0.717, 1.165) is 30.8 Å². The maximum atomic E-state index is 12.3. The zero-order chi connectivity index (χ0) is 14.3. The summed E-state index contributed by atoms with van der Waals surface area (Å²) in [5.74, 6) is -1.01. The molecule has 0 bridgehead atoms. The van der Waals surface area contributed by atoms with Crippen LogP contribution in [0.4, 0.5) is 5.69 Å². The Hall–Kier alpha value is -2.28. The highest BCUT2D eigenvalue weighted by Gasteiger charge is 2.41. The molecule has 7 nitrogen and oxygen atoms in total. The van der Waals surface area contributed by atoms with E-state index >= 15 is 0 Å². The molecule has 1 aromatic carbocycles. The molecule has 1 fully saturated rings. The Kier molecular flexibility index (Phi) is 2.98. The topological polar surface area (TPSA) is 83.8 Å². The number of nitro groups is 1. The van der Waals surface area contributed by atoms with Gasteiger partial charge in [0.1, 0.15) is 5.56 Å². The van der Waals surface area contributed by atoms with Crippen molar-refractivity contribution in [2.24, 2.45) is 0 Å². The SMILES string of the molecule is O=C1c2cccc([N+](=O)[O-])c2C(=O)N1CN1CCCC1. The third-order valence-electron chi connectivity index (χ3n) is 3.71. The van der Waals surface area contributed by atoms with E-state index in [1.54, 1.807) is 0 Å². The van der Waals surface area contributed by atoms with Crippen LogP contribution in [0.15, 0.2) is 18.2 Å². The van der Waals surface area contributed by atoms with Crippen molar-refractivity contribution >= 4 is 17.5 Å². The number of carbonyl (C=O) groups excluding carboxylic acids is 2. The quantitative estimate of drug-likeness (QED) is 0.471. The molecule has 2 amide bonds. The lowest BCUT2D eigenvalue weighted by molar-refractivity contribution is -0.385. The summed E-state index contributed by atoms with van der Waals surface area (Å²) in [6, 6.07) is 4.15. The van der Waals surface area contributed by atoms with Gasteiger partial charge in [-0.15, -0.1) is 0 Å². The maximum absolute atomic E-state index is 12.3. The summed E-state index contributed by atoms with van der Waals surface area (Å²) in [4.78, 5) is 38.0. The molecule has 0 aromatic heterocycles. The molecule has 0 radical (unpaired) electrons. The van der Waals surface area contributed by atoms with Gasteiger partial charge in [0.25, 0.3) is 17.5 Å². The fourth-order valence-electron chi connectivity index (χ4n) is 2.72. The molecule has 1 aromatic rings. The predicted molar refractivity (Wildman–Crippen MR) is 69.3 cm³/mol. The summed E-state index contributed by atoms with van der Waals surface area (Å²) in [6.45, 7) is 1.90. The number of nitro benzene ring substituents is 1. The maximum Gasteiger partial charge on any atom is 0.282 e. The van der Waals surface area contributed by atoms with E-state index in [2.05, 4.69) is 0 Å². The minimum atomic E-state index is -0.622. The first-order valence-corrected chi connectivity index (χ1v) is 6.45. The Morgan fingerprint density at radius 3 is 2.50 bits per heavy atom. The zero-order valence-electron chi connectivity index (χ0n) is 10.7. The first-order valence-electron chi connectivity index (χ1n) is 6.45. The second-order valence-electron chi connectivity index (χ2n) is 4.96. The van der Waals surface area contributed by atoms with Crippen molar-refractivity contribution in [1.29, 1.82) is 0 Å². The van der Waals surface area contributed by atoms with Gasteiger partial charge in [-0.1, -0.05) is 6.07 Å². The van der Waals surface area contributed by atoms with Crippen LogP contribution in [0.1, 0.15) is 33.6 Å². The summed E-state index contributed by atoms with van der Waals surface area (Å²) in [5.41, 5.74) is -0.255. The van der Waals surface area contributed by atoms with Gasteiger partial charge in [0, 0.05) is 6.07 Å². The van der Waals surface area contributed by atoms with E-state index in [0.29, 0.717) is 0 Å². The van der Waals surface area contributed by atoms with Crippen LogP contribution in [0.5, 0.6) is 0 Å². The molecular weight excluding hydrogens is 262 g/mol. The summed E-state index contributed by atoms with van der Waals surface area (Å²) in [6.07, 6.45) is 2.09. The van der Waals surface area contributed by atoms with Crippen molar-refractivity contribution in [3.63, 3.8) is 0 Å². The highest BCUT2D eigenvalue weighted by atomic mass is 16.6. The molecule has 104 valence electrons. The molecule has 20 heavy (non-hydrogen) atoms. The fourth-order valence-corrected chi connectivity index (χ4v) is 2.72. The average molecular weight is 275 g/mol. The largest absolute Gasteiger partial charge is 0.286 e. The number of carbonyl (C=O) groups is 2. The fraction of sp³-hybridized carbons (Fsp3) is 0.385. The minimum Gasteiger partial charge on any atom is -0.286 e. The Labute approximate surface area is 114 Å². The van der Waals surface area contributed by atoms with Crippen molar-refractivity contribution in [1.82, 2.24) is 9.80 Å². The number of amides is 2. The van der Waals surface area contributed by atoms with Crippen molar-refractivity contribution in [3.05, 3.63) is 39.4 Å². The summed E-state index contributed by atoms with van der Waals surface area (Å²) < 4.78 is 0. The summed E-state index contributed by atoms with van der Waals surface area (Å²) >= 11 is 0. The number of likely N-dealkylation sites (tertiary alicyclic amines) is 1. The minimum absolute atomic E-state index is 0.0818. The van der Waals surface area contributed by atoms with Crippen LogP contribution in [0.25, 0.3) is 0 Å². The Bertz CT molecular complexity index is 608. The van der Waals surface area contributed by atoms with E-state index in [-0.39, 0.29) is 23.5 Å². The van der Waals surface area contributed by atoms with Crippen LogP contribution in [0, 0.1) is 10.1 Å². The molecule has 0 aliphatic carbocycles. The summed E-state index contributed by atoms with van der Waals surface area (Å²) in [5, 5.41) is 11.0. The lowest BCUT2D eigenvalue weighted by Gasteiger charge is -2.21. The van der Waals surface area contributed by atoms with Gasteiger partial charge in [-0.25, -0.2) is 0 Å². The highest BCUT2D eigenvalue weighted by Crippen LogP contribution is 2.31. The van der Waals surface area contributed by atoms with Crippen molar-refractivity contribution in [2.75, 3.05) is 19.8 Å².